The summed E-state index contributed by atoms with van der Waals surface area (Å²) in [6.45, 7) is 2.41. The average molecular weight is 367 g/mol. The first-order chi connectivity index (χ1) is 13.0. The minimum absolute atomic E-state index is 0.121. The van der Waals surface area contributed by atoms with Crippen LogP contribution in [-0.4, -0.2) is 24.5 Å². The first-order valence-corrected chi connectivity index (χ1v) is 7.97. The number of carbonyl (C=O) groups is 1. The number of nitriles is 1. The van der Waals surface area contributed by atoms with Gasteiger partial charge in [0.05, 0.1) is 30.4 Å². The SMILES string of the molecule is CCOc1ccc(/C=C(\C#N)C(=O)Nc2ccc([N+](=O)[O-])cc2OC)cc1. The van der Waals surface area contributed by atoms with Crippen molar-refractivity contribution < 1.29 is 19.2 Å². The van der Waals surface area contributed by atoms with Crippen molar-refractivity contribution in [3.05, 3.63) is 63.7 Å². The van der Waals surface area contributed by atoms with E-state index in [4.69, 9.17) is 9.47 Å². The van der Waals surface area contributed by atoms with Crippen LogP contribution in [0.2, 0.25) is 0 Å². The van der Waals surface area contributed by atoms with Crippen molar-refractivity contribution >= 4 is 23.4 Å². The van der Waals surface area contributed by atoms with Crippen molar-refractivity contribution in [1.82, 2.24) is 0 Å². The maximum atomic E-state index is 12.4. The lowest BCUT2D eigenvalue weighted by Gasteiger charge is -2.09. The molecule has 0 aliphatic rings. The lowest BCUT2D eigenvalue weighted by molar-refractivity contribution is -0.384. The van der Waals surface area contributed by atoms with E-state index in [1.165, 1.54) is 31.4 Å². The first-order valence-electron chi connectivity index (χ1n) is 7.97. The van der Waals surface area contributed by atoms with E-state index in [9.17, 15) is 20.2 Å². The van der Waals surface area contributed by atoms with E-state index in [-0.39, 0.29) is 22.7 Å². The van der Waals surface area contributed by atoms with Crippen LogP contribution in [0.1, 0.15) is 12.5 Å². The maximum absolute atomic E-state index is 12.4. The van der Waals surface area contributed by atoms with Crippen LogP contribution in [0.3, 0.4) is 0 Å². The predicted octanol–water partition coefficient (Wildman–Crippen LogP) is 3.55. The molecule has 0 spiro atoms. The number of rotatable bonds is 7. The molecule has 0 heterocycles. The standard InChI is InChI=1S/C19H17N3O5/c1-3-27-16-7-4-13(5-8-16)10-14(12-20)19(23)21-17-9-6-15(22(24)25)11-18(17)26-2/h4-11H,3H2,1-2H3,(H,21,23)/b14-10+. The molecule has 0 saturated carbocycles. The van der Waals surface area contributed by atoms with Crippen molar-refractivity contribution in [2.24, 2.45) is 0 Å². The number of methoxy groups -OCH3 is 1. The molecule has 0 fully saturated rings. The lowest BCUT2D eigenvalue weighted by atomic mass is 10.1. The van der Waals surface area contributed by atoms with Gasteiger partial charge in [-0.25, -0.2) is 0 Å². The van der Waals surface area contributed by atoms with Gasteiger partial charge in [0.15, 0.2) is 0 Å². The molecule has 8 heteroatoms. The fourth-order valence-corrected chi connectivity index (χ4v) is 2.23. The monoisotopic (exact) mass is 367 g/mol. The molecule has 1 N–H and O–H groups in total. The number of anilines is 1. The number of amides is 1. The molecule has 8 nitrogen and oxygen atoms in total. The second-order valence-corrected chi connectivity index (χ2v) is 5.27. The summed E-state index contributed by atoms with van der Waals surface area (Å²) in [5, 5.41) is 22.6. The number of benzene rings is 2. The highest BCUT2D eigenvalue weighted by atomic mass is 16.6. The van der Waals surface area contributed by atoms with Gasteiger partial charge in [0.2, 0.25) is 0 Å². The topological polar surface area (TPSA) is 114 Å². The molecule has 0 saturated heterocycles. The van der Waals surface area contributed by atoms with E-state index in [0.29, 0.717) is 17.9 Å². The fraction of sp³-hybridized carbons (Fsp3) is 0.158. The van der Waals surface area contributed by atoms with Gasteiger partial charge in [-0.3, -0.25) is 14.9 Å². The highest BCUT2D eigenvalue weighted by molar-refractivity contribution is 6.10. The molecule has 1 amide bonds. The normalized spacial score (nSPS) is 10.6. The zero-order chi connectivity index (χ0) is 19.8. The van der Waals surface area contributed by atoms with Crippen molar-refractivity contribution in [3.8, 4) is 17.6 Å². The van der Waals surface area contributed by atoms with E-state index in [1.54, 1.807) is 24.3 Å². The second-order valence-electron chi connectivity index (χ2n) is 5.27. The Morgan fingerprint density at radius 2 is 2.00 bits per heavy atom. The van der Waals surface area contributed by atoms with Gasteiger partial charge in [-0.05, 0) is 36.8 Å². The highest BCUT2D eigenvalue weighted by Gasteiger charge is 2.15. The molecule has 0 atom stereocenters. The second kappa shape index (κ2) is 9.01. The maximum Gasteiger partial charge on any atom is 0.273 e. The summed E-state index contributed by atoms with van der Waals surface area (Å²) >= 11 is 0. The zero-order valence-corrected chi connectivity index (χ0v) is 14.8. The Balaban J connectivity index is 2.22. The summed E-state index contributed by atoms with van der Waals surface area (Å²) < 4.78 is 10.4. The van der Waals surface area contributed by atoms with Crippen LogP contribution >= 0.6 is 0 Å². The smallest absolute Gasteiger partial charge is 0.273 e. The number of hydrogen-bond donors (Lipinski definition) is 1. The van der Waals surface area contributed by atoms with E-state index >= 15 is 0 Å². The van der Waals surface area contributed by atoms with Crippen molar-refractivity contribution in [2.75, 3.05) is 19.0 Å². The molecular weight excluding hydrogens is 350 g/mol. The van der Waals surface area contributed by atoms with Crippen LogP contribution in [0.25, 0.3) is 6.08 Å². The third-order valence-electron chi connectivity index (χ3n) is 3.51. The summed E-state index contributed by atoms with van der Waals surface area (Å²) in [5.41, 5.74) is 0.580. The fourth-order valence-electron chi connectivity index (χ4n) is 2.23. The summed E-state index contributed by atoms with van der Waals surface area (Å²) in [7, 11) is 1.33. The number of carbonyl (C=O) groups excluding carboxylic acids is 1. The summed E-state index contributed by atoms with van der Waals surface area (Å²) in [6, 6.07) is 12.5. The molecule has 0 aromatic heterocycles. The van der Waals surface area contributed by atoms with Crippen LogP contribution in [0.5, 0.6) is 11.5 Å². The van der Waals surface area contributed by atoms with Crippen molar-refractivity contribution in [2.45, 2.75) is 6.92 Å². The molecule has 27 heavy (non-hydrogen) atoms. The number of non-ortho nitro benzene ring substituents is 1. The molecule has 0 bridgehead atoms. The van der Waals surface area contributed by atoms with Crippen LogP contribution in [0.4, 0.5) is 11.4 Å². The van der Waals surface area contributed by atoms with Crippen molar-refractivity contribution in [1.29, 1.82) is 5.26 Å². The van der Waals surface area contributed by atoms with Crippen molar-refractivity contribution in [3.63, 3.8) is 0 Å². The average Bonchev–Trinajstić information content (AvgIpc) is 2.67. The Hall–Kier alpha value is -3.86. The highest BCUT2D eigenvalue weighted by Crippen LogP contribution is 2.29. The largest absolute Gasteiger partial charge is 0.494 e. The van der Waals surface area contributed by atoms with Gasteiger partial charge in [0.1, 0.15) is 23.1 Å². The molecule has 0 aliphatic heterocycles. The number of ether oxygens (including phenoxy) is 2. The molecule has 2 aromatic carbocycles. The summed E-state index contributed by atoms with van der Waals surface area (Å²) in [5.74, 6) is 0.155. The third kappa shape index (κ3) is 5.06. The number of nitro groups is 1. The molecule has 2 aromatic rings. The number of nitrogens with zero attached hydrogens (tertiary/aromatic N) is 2. The first kappa shape index (κ1) is 19.5. The van der Waals surface area contributed by atoms with Gasteiger partial charge >= 0.3 is 0 Å². The van der Waals surface area contributed by atoms with Crippen LogP contribution in [0.15, 0.2) is 48.0 Å². The van der Waals surface area contributed by atoms with Gasteiger partial charge in [0.25, 0.3) is 11.6 Å². The van der Waals surface area contributed by atoms with E-state index in [0.717, 1.165) is 0 Å². The predicted molar refractivity (Wildman–Crippen MR) is 99.5 cm³/mol. The van der Waals surface area contributed by atoms with Gasteiger partial charge in [-0.15, -0.1) is 0 Å². The van der Waals surface area contributed by atoms with Crippen LogP contribution in [0, 0.1) is 21.4 Å². The van der Waals surface area contributed by atoms with E-state index in [2.05, 4.69) is 5.32 Å². The van der Waals surface area contributed by atoms with E-state index in [1.807, 2.05) is 13.0 Å². The van der Waals surface area contributed by atoms with Crippen LogP contribution in [-0.2, 0) is 4.79 Å². The third-order valence-corrected chi connectivity index (χ3v) is 3.51. The summed E-state index contributed by atoms with van der Waals surface area (Å²) in [4.78, 5) is 22.6. The lowest BCUT2D eigenvalue weighted by Crippen LogP contribution is -2.14. The zero-order valence-electron chi connectivity index (χ0n) is 14.8. The Labute approximate surface area is 155 Å². The quantitative estimate of drug-likeness (QED) is 0.346. The Kier molecular flexibility index (Phi) is 6.49. The number of nitro benzene ring substituents is 1. The Morgan fingerprint density at radius 1 is 1.30 bits per heavy atom. The Morgan fingerprint density at radius 3 is 2.56 bits per heavy atom. The number of hydrogen-bond acceptors (Lipinski definition) is 6. The van der Waals surface area contributed by atoms with E-state index < -0.39 is 10.8 Å². The molecule has 0 radical (unpaired) electrons. The molecule has 0 unspecified atom stereocenters. The van der Waals surface area contributed by atoms with Gasteiger partial charge in [-0.1, -0.05) is 12.1 Å². The van der Waals surface area contributed by atoms with Crippen LogP contribution < -0.4 is 14.8 Å². The van der Waals surface area contributed by atoms with Gasteiger partial charge in [-0.2, -0.15) is 5.26 Å². The Bertz CT molecular complexity index is 914. The number of nitrogens with one attached hydrogen (secondary N) is 1. The summed E-state index contributed by atoms with van der Waals surface area (Å²) in [6.07, 6.45) is 1.43. The minimum Gasteiger partial charge on any atom is -0.494 e. The van der Waals surface area contributed by atoms with Gasteiger partial charge in [0, 0.05) is 6.07 Å². The molecule has 0 aliphatic carbocycles. The molecule has 2 rings (SSSR count). The van der Waals surface area contributed by atoms with Gasteiger partial charge < -0.3 is 14.8 Å². The minimum atomic E-state index is -0.654. The molecular formula is C19H17N3O5. The molecule has 138 valence electrons.